The second-order valence-corrected chi connectivity index (χ2v) is 6.11. The second kappa shape index (κ2) is 7.19. The van der Waals surface area contributed by atoms with Crippen molar-refractivity contribution in [3.8, 4) is 17.1 Å². The molecule has 23 heavy (non-hydrogen) atoms. The Morgan fingerprint density at radius 2 is 1.78 bits per heavy atom. The highest BCUT2D eigenvalue weighted by Crippen LogP contribution is 2.22. The third kappa shape index (κ3) is 3.84. The average molecular weight is 326 g/mol. The smallest absolute Gasteiger partial charge is 0.210 e. The quantitative estimate of drug-likeness (QED) is 0.428. The zero-order valence-electron chi connectivity index (χ0n) is 12.8. The number of thioether (sulfide) groups is 1. The van der Waals surface area contributed by atoms with Crippen LogP contribution in [-0.2, 0) is 0 Å². The number of ether oxygens (including phenoxy) is 1. The monoisotopic (exact) mass is 326 g/mol. The molecule has 3 rings (SSSR count). The van der Waals surface area contributed by atoms with Crippen LogP contribution in [-0.4, -0.2) is 27.2 Å². The molecule has 0 amide bonds. The molecule has 0 saturated heterocycles. The fraction of sp³-hybridized carbons (Fsp3) is 0.176. The van der Waals surface area contributed by atoms with Gasteiger partial charge >= 0.3 is 0 Å². The molecule has 0 aliphatic carbocycles. The largest absolute Gasteiger partial charge is 0.493 e. The van der Waals surface area contributed by atoms with Gasteiger partial charge in [0.15, 0.2) is 5.82 Å². The number of aryl methyl sites for hydroxylation is 1. The second-order valence-electron chi connectivity index (χ2n) is 5.05. The molecule has 1 aromatic heterocycles. The summed E-state index contributed by atoms with van der Waals surface area (Å²) in [5, 5.41) is 9.01. The minimum Gasteiger partial charge on any atom is -0.493 e. The van der Waals surface area contributed by atoms with Gasteiger partial charge in [-0.25, -0.2) is 4.68 Å². The Bertz CT molecular complexity index is 756. The van der Waals surface area contributed by atoms with Crippen molar-refractivity contribution >= 4 is 11.8 Å². The first kappa shape index (κ1) is 15.4. The molecule has 0 radical (unpaired) electrons. The van der Waals surface area contributed by atoms with Crippen LogP contribution in [0.2, 0.25) is 0 Å². The zero-order chi connectivity index (χ0) is 16.1. The predicted molar refractivity (Wildman–Crippen MR) is 93.0 cm³/mol. The van der Waals surface area contributed by atoms with Crippen molar-refractivity contribution in [3.63, 3.8) is 0 Å². The molecule has 0 unspecified atom stereocenters. The van der Waals surface area contributed by atoms with E-state index in [-0.39, 0.29) is 0 Å². The van der Waals surface area contributed by atoms with E-state index in [1.165, 1.54) is 22.0 Å². The van der Waals surface area contributed by atoms with E-state index in [1.807, 2.05) is 61.5 Å². The molecule has 5 nitrogen and oxygen atoms in total. The lowest BCUT2D eigenvalue weighted by Gasteiger charge is -2.06. The Labute approximate surface area is 139 Å². The number of para-hydroxylation sites is 1. The molecule has 6 heteroatoms. The Balaban J connectivity index is 1.58. The maximum Gasteiger partial charge on any atom is 0.210 e. The highest BCUT2D eigenvalue weighted by Gasteiger charge is 2.11. The number of hydrogen-bond donors (Lipinski definition) is 1. The van der Waals surface area contributed by atoms with E-state index in [2.05, 4.69) is 10.2 Å². The van der Waals surface area contributed by atoms with Crippen LogP contribution in [0.15, 0.2) is 59.8 Å². The van der Waals surface area contributed by atoms with Gasteiger partial charge in [-0.15, -0.1) is 10.2 Å². The number of hydrogen-bond acceptors (Lipinski definition) is 5. The highest BCUT2D eigenvalue weighted by molar-refractivity contribution is 7.99. The minimum absolute atomic E-state index is 0.585. The number of benzene rings is 2. The molecular formula is C17H18N4OS. The molecule has 0 aliphatic heterocycles. The molecule has 0 saturated carbocycles. The Kier molecular flexibility index (Phi) is 4.83. The number of aromatic nitrogens is 3. The van der Waals surface area contributed by atoms with Gasteiger partial charge in [-0.05, 0) is 19.1 Å². The normalized spacial score (nSPS) is 10.7. The molecule has 0 bridgehead atoms. The lowest BCUT2D eigenvalue weighted by atomic mass is 10.1. The Morgan fingerprint density at radius 1 is 1.04 bits per heavy atom. The Morgan fingerprint density at radius 3 is 2.52 bits per heavy atom. The summed E-state index contributed by atoms with van der Waals surface area (Å²) in [5.41, 5.74) is 2.16. The van der Waals surface area contributed by atoms with Gasteiger partial charge in [0.1, 0.15) is 5.75 Å². The molecule has 118 valence electrons. The molecular weight excluding hydrogens is 308 g/mol. The van der Waals surface area contributed by atoms with E-state index in [0.717, 1.165) is 17.1 Å². The molecule has 0 aliphatic rings. The van der Waals surface area contributed by atoms with Gasteiger partial charge in [-0.1, -0.05) is 59.8 Å². The number of nitrogen functional groups attached to an aromatic ring is 1. The van der Waals surface area contributed by atoms with Crippen molar-refractivity contribution in [1.82, 2.24) is 14.9 Å². The van der Waals surface area contributed by atoms with Gasteiger partial charge in [0.25, 0.3) is 0 Å². The summed E-state index contributed by atoms with van der Waals surface area (Å²) < 4.78 is 7.18. The van der Waals surface area contributed by atoms with E-state index < -0.39 is 0 Å². The summed E-state index contributed by atoms with van der Waals surface area (Å²) >= 11 is 1.52. The van der Waals surface area contributed by atoms with Crippen molar-refractivity contribution in [3.05, 3.63) is 60.2 Å². The van der Waals surface area contributed by atoms with Gasteiger partial charge in [-0.3, -0.25) is 0 Å². The fourth-order valence-electron chi connectivity index (χ4n) is 2.08. The third-order valence-corrected chi connectivity index (χ3v) is 4.21. The third-order valence-electron chi connectivity index (χ3n) is 3.30. The topological polar surface area (TPSA) is 66.0 Å². The first-order valence-corrected chi connectivity index (χ1v) is 8.31. The standard InChI is InChI=1S/C17H18N4OS/c1-13-7-9-14(10-8-13)16-19-20-17(21(16)18)23-12-11-22-15-5-3-2-4-6-15/h2-10H,11-12,18H2,1H3. The first-order valence-electron chi connectivity index (χ1n) is 7.32. The molecule has 0 spiro atoms. The number of nitrogens with zero attached hydrogens (tertiary/aromatic N) is 3. The summed E-state index contributed by atoms with van der Waals surface area (Å²) in [6.07, 6.45) is 0. The predicted octanol–water partition coefficient (Wildman–Crippen LogP) is 3.14. The maximum atomic E-state index is 6.10. The van der Waals surface area contributed by atoms with Crippen LogP contribution in [0.3, 0.4) is 0 Å². The highest BCUT2D eigenvalue weighted by atomic mass is 32.2. The summed E-state index contributed by atoms with van der Waals surface area (Å²) in [4.78, 5) is 0. The van der Waals surface area contributed by atoms with Crippen molar-refractivity contribution in [2.45, 2.75) is 12.1 Å². The SMILES string of the molecule is Cc1ccc(-c2nnc(SCCOc3ccccc3)n2N)cc1. The van der Waals surface area contributed by atoms with E-state index in [9.17, 15) is 0 Å². The van der Waals surface area contributed by atoms with Crippen molar-refractivity contribution in [1.29, 1.82) is 0 Å². The Hall–Kier alpha value is -2.47. The van der Waals surface area contributed by atoms with Crippen LogP contribution in [0.4, 0.5) is 0 Å². The maximum absolute atomic E-state index is 6.10. The lowest BCUT2D eigenvalue weighted by Crippen LogP contribution is -2.12. The van der Waals surface area contributed by atoms with Gasteiger partial charge in [0.05, 0.1) is 6.61 Å². The molecule has 2 N–H and O–H groups in total. The van der Waals surface area contributed by atoms with Crippen molar-refractivity contribution < 1.29 is 4.74 Å². The lowest BCUT2D eigenvalue weighted by molar-refractivity contribution is 0.344. The summed E-state index contributed by atoms with van der Waals surface area (Å²) in [6, 6.07) is 17.8. The summed E-state index contributed by atoms with van der Waals surface area (Å²) in [6.45, 7) is 2.63. The van der Waals surface area contributed by atoms with Gasteiger partial charge in [-0.2, -0.15) is 0 Å². The number of nitrogens with two attached hydrogens (primary N) is 1. The molecule has 0 atom stereocenters. The summed E-state index contributed by atoms with van der Waals surface area (Å²) in [5.74, 6) is 8.37. The fourth-order valence-corrected chi connectivity index (χ4v) is 2.76. The van der Waals surface area contributed by atoms with Crippen LogP contribution in [0.1, 0.15) is 5.56 Å². The molecule has 1 heterocycles. The van der Waals surface area contributed by atoms with Gasteiger partial charge in [0, 0.05) is 11.3 Å². The molecule has 2 aromatic carbocycles. The van der Waals surface area contributed by atoms with Crippen molar-refractivity contribution in [2.75, 3.05) is 18.2 Å². The van der Waals surface area contributed by atoms with E-state index >= 15 is 0 Å². The average Bonchev–Trinajstić information content (AvgIpc) is 2.94. The van der Waals surface area contributed by atoms with E-state index in [0.29, 0.717) is 17.6 Å². The van der Waals surface area contributed by atoms with Crippen LogP contribution in [0.25, 0.3) is 11.4 Å². The molecule has 0 fully saturated rings. The van der Waals surface area contributed by atoms with Crippen LogP contribution < -0.4 is 10.6 Å². The van der Waals surface area contributed by atoms with Gasteiger partial charge < -0.3 is 10.6 Å². The first-order chi connectivity index (χ1) is 11.2. The number of rotatable bonds is 6. The van der Waals surface area contributed by atoms with Crippen LogP contribution in [0.5, 0.6) is 5.75 Å². The van der Waals surface area contributed by atoms with Crippen molar-refractivity contribution in [2.24, 2.45) is 0 Å². The van der Waals surface area contributed by atoms with Crippen LogP contribution in [0, 0.1) is 6.92 Å². The van der Waals surface area contributed by atoms with E-state index in [1.54, 1.807) is 0 Å². The summed E-state index contributed by atoms with van der Waals surface area (Å²) in [7, 11) is 0. The zero-order valence-corrected chi connectivity index (χ0v) is 13.7. The minimum atomic E-state index is 0.585. The van der Waals surface area contributed by atoms with Gasteiger partial charge in [0.2, 0.25) is 5.16 Å². The molecule has 3 aromatic rings. The van der Waals surface area contributed by atoms with E-state index in [4.69, 9.17) is 10.6 Å². The van der Waals surface area contributed by atoms with Crippen LogP contribution >= 0.6 is 11.8 Å².